The molecular formula is C31H39F3O5. The van der Waals surface area contributed by atoms with Crippen molar-refractivity contribution < 1.29 is 37.0 Å². The number of carbonyl (C=O) groups is 3. The van der Waals surface area contributed by atoms with Crippen LogP contribution < -0.4 is 4.74 Å². The van der Waals surface area contributed by atoms with Gasteiger partial charge >= 0.3 is 12.1 Å². The topological polar surface area (TPSA) is 69.7 Å². The Labute approximate surface area is 229 Å². The summed E-state index contributed by atoms with van der Waals surface area (Å²) in [5, 5.41) is 0. The summed E-state index contributed by atoms with van der Waals surface area (Å²) >= 11 is 0. The Hall–Kier alpha value is -3.16. The highest BCUT2D eigenvalue weighted by atomic mass is 19.4. The number of benzene rings is 2. The first kappa shape index (κ1) is 32.1. The number of halogens is 3. The van der Waals surface area contributed by atoms with Gasteiger partial charge in [0.1, 0.15) is 29.0 Å². The molecule has 0 heterocycles. The molecule has 0 unspecified atom stereocenters. The van der Waals surface area contributed by atoms with Gasteiger partial charge in [-0.1, -0.05) is 68.1 Å². The number of ketones is 2. The molecule has 2 aromatic carbocycles. The monoisotopic (exact) mass is 548 g/mol. The number of carbonyl (C=O) groups excluding carboxylic acids is 3. The quantitative estimate of drug-likeness (QED) is 0.105. The van der Waals surface area contributed by atoms with Crippen LogP contribution in [0.1, 0.15) is 94.1 Å². The molecule has 0 fully saturated rings. The van der Waals surface area contributed by atoms with Gasteiger partial charge in [-0.25, -0.2) is 0 Å². The summed E-state index contributed by atoms with van der Waals surface area (Å²) in [6.45, 7) is 9.13. The predicted molar refractivity (Wildman–Crippen MR) is 144 cm³/mol. The fourth-order valence-electron chi connectivity index (χ4n) is 4.27. The van der Waals surface area contributed by atoms with Crippen LogP contribution in [0.5, 0.6) is 5.75 Å². The van der Waals surface area contributed by atoms with Crippen LogP contribution in [0, 0.1) is 6.92 Å². The molecule has 39 heavy (non-hydrogen) atoms. The molecule has 0 aliphatic rings. The summed E-state index contributed by atoms with van der Waals surface area (Å²) in [5.74, 6) is -2.24. The van der Waals surface area contributed by atoms with Crippen molar-refractivity contribution in [1.82, 2.24) is 0 Å². The maximum atomic E-state index is 14.9. The molecule has 8 heteroatoms. The van der Waals surface area contributed by atoms with E-state index in [4.69, 9.17) is 9.47 Å². The Balaban J connectivity index is 2.41. The average Bonchev–Trinajstić information content (AvgIpc) is 2.82. The first-order valence-corrected chi connectivity index (χ1v) is 13.3. The van der Waals surface area contributed by atoms with Gasteiger partial charge in [-0.15, -0.1) is 0 Å². The number of hydrogen-bond acceptors (Lipinski definition) is 5. The van der Waals surface area contributed by atoms with E-state index < -0.39 is 54.0 Å². The van der Waals surface area contributed by atoms with Gasteiger partial charge in [0, 0.05) is 18.4 Å². The number of alkyl halides is 3. The Bertz CT molecular complexity index is 1100. The summed E-state index contributed by atoms with van der Waals surface area (Å²) in [4.78, 5) is 38.3. The van der Waals surface area contributed by atoms with Crippen molar-refractivity contribution in [3.63, 3.8) is 0 Å². The van der Waals surface area contributed by atoms with Crippen LogP contribution in [-0.4, -0.2) is 35.9 Å². The first-order valence-electron chi connectivity index (χ1n) is 13.3. The van der Waals surface area contributed by atoms with E-state index in [0.29, 0.717) is 12.4 Å². The minimum absolute atomic E-state index is 0.112. The number of Topliss-reactive ketones (excluding diaryl/α,β-unsaturated/α-hetero) is 2. The van der Waals surface area contributed by atoms with Gasteiger partial charge in [-0.2, -0.15) is 13.2 Å². The number of ether oxygens (including phenoxy) is 2. The zero-order valence-electron chi connectivity index (χ0n) is 23.5. The molecule has 2 rings (SSSR count). The fourth-order valence-corrected chi connectivity index (χ4v) is 4.27. The van der Waals surface area contributed by atoms with Crippen LogP contribution in [0.3, 0.4) is 0 Å². The van der Waals surface area contributed by atoms with E-state index in [1.807, 2.05) is 0 Å². The number of hydrogen-bond donors (Lipinski definition) is 0. The number of esters is 1. The number of aryl methyl sites for hydroxylation is 1. The van der Waals surface area contributed by atoms with Crippen molar-refractivity contribution in [3.8, 4) is 5.75 Å². The number of unbranched alkanes of at least 4 members (excludes halogenated alkanes) is 3. The van der Waals surface area contributed by atoms with Crippen LogP contribution in [-0.2, 0) is 19.7 Å². The van der Waals surface area contributed by atoms with Gasteiger partial charge in [0.2, 0.25) is 0 Å². The van der Waals surface area contributed by atoms with Gasteiger partial charge in [-0.3, -0.25) is 14.4 Å². The maximum Gasteiger partial charge on any atom is 0.399 e. The second-order valence-electron chi connectivity index (χ2n) is 11.0. The fraction of sp³-hybridized carbons (Fsp3) is 0.516. The minimum Gasteiger partial charge on any atom is -0.494 e. The summed E-state index contributed by atoms with van der Waals surface area (Å²) < 4.78 is 55.6. The molecule has 0 aliphatic carbocycles. The van der Waals surface area contributed by atoms with Crippen molar-refractivity contribution in [3.05, 3.63) is 65.2 Å². The lowest BCUT2D eigenvalue weighted by Crippen LogP contribution is -2.46. The lowest BCUT2D eigenvalue weighted by Gasteiger charge is -2.35. The average molecular weight is 549 g/mol. The van der Waals surface area contributed by atoms with Gasteiger partial charge in [-0.05, 0) is 51.8 Å². The van der Waals surface area contributed by atoms with Crippen LogP contribution >= 0.6 is 0 Å². The lowest BCUT2D eigenvalue weighted by atomic mass is 9.71. The van der Waals surface area contributed by atoms with Gasteiger partial charge in [0.15, 0.2) is 5.78 Å². The predicted octanol–water partition coefficient (Wildman–Crippen LogP) is 7.72. The van der Waals surface area contributed by atoms with Gasteiger partial charge < -0.3 is 9.47 Å². The zero-order chi connectivity index (χ0) is 29.3. The van der Waals surface area contributed by atoms with E-state index in [9.17, 15) is 27.6 Å². The SMILES string of the molecule is CCCCCCOc1ccc([C@@](CC(=O)CC(=O)OC(C)(C)C)(CC(=O)c2ccc(C)cc2)C(F)(F)F)cc1. The standard InChI is InChI=1S/C31H39F3O5/c1-6-7-8-9-18-38-26-16-14-24(15-17-26)30(31(32,33)34,20-25(35)19-28(37)39-29(3,4)5)21-27(36)23-12-10-22(2)11-13-23/h10-17H,6-9,18-21H2,1-5H3/t30-/m1/s1. The Morgan fingerprint density at radius 2 is 1.44 bits per heavy atom. The molecule has 0 N–H and O–H groups in total. The van der Waals surface area contributed by atoms with E-state index in [-0.39, 0.29) is 11.1 Å². The van der Waals surface area contributed by atoms with Crippen LogP contribution in [0.2, 0.25) is 0 Å². The zero-order valence-corrected chi connectivity index (χ0v) is 23.5. The van der Waals surface area contributed by atoms with E-state index in [2.05, 4.69) is 6.92 Å². The van der Waals surface area contributed by atoms with Crippen molar-refractivity contribution in [1.29, 1.82) is 0 Å². The third-order valence-corrected chi connectivity index (χ3v) is 6.31. The molecule has 1 atom stereocenters. The smallest absolute Gasteiger partial charge is 0.399 e. The molecule has 0 aromatic heterocycles. The molecule has 5 nitrogen and oxygen atoms in total. The van der Waals surface area contributed by atoms with Crippen LogP contribution in [0.25, 0.3) is 0 Å². The van der Waals surface area contributed by atoms with Crippen molar-refractivity contribution in [2.24, 2.45) is 0 Å². The first-order chi connectivity index (χ1) is 18.2. The normalized spacial score (nSPS) is 13.4. The highest BCUT2D eigenvalue weighted by Gasteiger charge is 2.57. The molecule has 0 amide bonds. The molecule has 0 saturated heterocycles. The van der Waals surface area contributed by atoms with Gasteiger partial charge in [0.25, 0.3) is 0 Å². The molecule has 214 valence electrons. The van der Waals surface area contributed by atoms with E-state index in [1.165, 1.54) is 36.4 Å². The second kappa shape index (κ2) is 13.8. The summed E-state index contributed by atoms with van der Waals surface area (Å²) in [6, 6.07) is 11.6. The molecule has 0 spiro atoms. The van der Waals surface area contributed by atoms with Crippen LogP contribution in [0.15, 0.2) is 48.5 Å². The Kier molecular flexibility index (Phi) is 11.3. The van der Waals surface area contributed by atoms with E-state index in [1.54, 1.807) is 39.8 Å². The molecular weight excluding hydrogens is 509 g/mol. The maximum absolute atomic E-state index is 14.9. The summed E-state index contributed by atoms with van der Waals surface area (Å²) in [7, 11) is 0. The molecule has 0 saturated carbocycles. The molecule has 0 radical (unpaired) electrons. The third kappa shape index (κ3) is 9.83. The minimum atomic E-state index is -4.97. The molecule has 0 aliphatic heterocycles. The Morgan fingerprint density at radius 3 is 1.97 bits per heavy atom. The second-order valence-corrected chi connectivity index (χ2v) is 11.0. The molecule has 0 bridgehead atoms. The molecule has 2 aromatic rings. The summed E-state index contributed by atoms with van der Waals surface area (Å²) in [5.41, 5.74) is -3.02. The Morgan fingerprint density at radius 1 is 0.821 bits per heavy atom. The van der Waals surface area contributed by atoms with Gasteiger partial charge in [0.05, 0.1) is 6.61 Å². The van der Waals surface area contributed by atoms with E-state index in [0.717, 1.165) is 31.2 Å². The van der Waals surface area contributed by atoms with Crippen LogP contribution in [0.4, 0.5) is 13.2 Å². The lowest BCUT2D eigenvalue weighted by molar-refractivity contribution is -0.194. The highest BCUT2D eigenvalue weighted by molar-refractivity contribution is 5.99. The van der Waals surface area contributed by atoms with Crippen molar-refractivity contribution in [2.75, 3.05) is 6.61 Å². The summed E-state index contributed by atoms with van der Waals surface area (Å²) in [6.07, 6.45) is -3.91. The van der Waals surface area contributed by atoms with Crippen molar-refractivity contribution >= 4 is 17.5 Å². The van der Waals surface area contributed by atoms with Crippen molar-refractivity contribution in [2.45, 2.75) is 96.8 Å². The third-order valence-electron chi connectivity index (χ3n) is 6.31. The van der Waals surface area contributed by atoms with E-state index >= 15 is 0 Å². The number of rotatable bonds is 14. The highest BCUT2D eigenvalue weighted by Crippen LogP contribution is 2.48. The largest absolute Gasteiger partial charge is 0.494 e.